The van der Waals surface area contributed by atoms with Gasteiger partial charge in [0.05, 0.1) is 27.5 Å². The number of pyridine rings is 2. The van der Waals surface area contributed by atoms with E-state index in [-0.39, 0.29) is 18.0 Å². The second kappa shape index (κ2) is 11.8. The molecule has 4 aromatic rings. The number of nitrogens with zero attached hydrogens (tertiary/aromatic N) is 6. The molecule has 4 heterocycles. The SMILES string of the molecule is C=CC(O)N1C[C@H](C)N(c2nc(=O)n(-c3c(C)ccnc3C(C)C)c3nc(-c4ccccc4C=O)c(Cl)cc23)C[C@H]1C. The molecule has 218 valence electrons. The first-order chi connectivity index (χ1) is 20.1. The predicted octanol–water partition coefficient (Wildman–Crippen LogP) is 5.14. The number of piperazine rings is 1. The average molecular weight is 587 g/mol. The maximum atomic E-state index is 14.1. The Kier molecular flexibility index (Phi) is 8.28. The highest BCUT2D eigenvalue weighted by molar-refractivity contribution is 6.34. The van der Waals surface area contributed by atoms with Gasteiger partial charge in [0.1, 0.15) is 12.0 Å². The van der Waals surface area contributed by atoms with Crippen LogP contribution in [0.25, 0.3) is 28.0 Å². The highest BCUT2D eigenvalue weighted by atomic mass is 35.5. The number of aryl methyl sites for hydroxylation is 1. The summed E-state index contributed by atoms with van der Waals surface area (Å²) >= 11 is 6.90. The van der Waals surface area contributed by atoms with Gasteiger partial charge in [0, 0.05) is 42.5 Å². The van der Waals surface area contributed by atoms with Crippen LogP contribution in [0.3, 0.4) is 0 Å². The van der Waals surface area contributed by atoms with Crippen molar-refractivity contribution in [3.05, 3.63) is 87.6 Å². The molecule has 42 heavy (non-hydrogen) atoms. The lowest BCUT2D eigenvalue weighted by molar-refractivity contribution is 0.0000483. The molecule has 1 aliphatic rings. The van der Waals surface area contributed by atoms with Gasteiger partial charge in [-0.1, -0.05) is 56.3 Å². The Balaban J connectivity index is 1.83. The number of fused-ring (bicyclic) bond motifs is 1. The van der Waals surface area contributed by atoms with E-state index in [1.54, 1.807) is 30.5 Å². The number of aldehydes is 1. The monoisotopic (exact) mass is 586 g/mol. The van der Waals surface area contributed by atoms with Crippen LogP contribution in [-0.4, -0.2) is 67.2 Å². The van der Waals surface area contributed by atoms with Crippen LogP contribution >= 0.6 is 11.6 Å². The predicted molar refractivity (Wildman–Crippen MR) is 167 cm³/mol. The third-order valence-corrected chi connectivity index (χ3v) is 8.21. The van der Waals surface area contributed by atoms with Gasteiger partial charge in [-0.05, 0) is 50.5 Å². The molecule has 0 radical (unpaired) electrons. The highest BCUT2D eigenvalue weighted by Gasteiger charge is 2.34. The number of benzene rings is 1. The molecule has 1 fully saturated rings. The van der Waals surface area contributed by atoms with Crippen LogP contribution in [0.15, 0.2) is 60.0 Å². The number of aliphatic hydroxyl groups is 1. The molecule has 0 amide bonds. The van der Waals surface area contributed by atoms with Gasteiger partial charge in [-0.3, -0.25) is 14.7 Å². The number of halogens is 1. The third-order valence-electron chi connectivity index (χ3n) is 7.93. The molecule has 0 aliphatic carbocycles. The zero-order chi connectivity index (χ0) is 30.3. The fourth-order valence-corrected chi connectivity index (χ4v) is 6.02. The third kappa shape index (κ3) is 5.12. The average Bonchev–Trinajstić information content (AvgIpc) is 2.97. The molecule has 1 aromatic carbocycles. The molecule has 1 aliphatic heterocycles. The Bertz CT molecular complexity index is 1740. The van der Waals surface area contributed by atoms with Crippen molar-refractivity contribution in [2.75, 3.05) is 18.0 Å². The van der Waals surface area contributed by atoms with E-state index in [2.05, 4.69) is 21.4 Å². The summed E-state index contributed by atoms with van der Waals surface area (Å²) in [5, 5.41) is 11.4. The molecule has 1 unspecified atom stereocenters. The number of aromatic nitrogens is 4. The lowest BCUT2D eigenvalue weighted by Gasteiger charge is -2.46. The number of carbonyl (C=O) groups excluding carboxylic acids is 1. The van der Waals surface area contributed by atoms with E-state index < -0.39 is 11.9 Å². The minimum atomic E-state index is -0.776. The summed E-state index contributed by atoms with van der Waals surface area (Å²) in [5.74, 6) is 0.491. The van der Waals surface area contributed by atoms with Crippen molar-refractivity contribution in [1.82, 2.24) is 24.4 Å². The second-order valence-electron chi connectivity index (χ2n) is 11.2. The van der Waals surface area contributed by atoms with Crippen LogP contribution < -0.4 is 10.6 Å². The van der Waals surface area contributed by atoms with Crippen LogP contribution in [-0.2, 0) is 0 Å². The Morgan fingerprint density at radius 1 is 1.12 bits per heavy atom. The maximum absolute atomic E-state index is 14.1. The van der Waals surface area contributed by atoms with E-state index in [1.807, 2.05) is 51.7 Å². The van der Waals surface area contributed by atoms with Crippen LogP contribution in [0.2, 0.25) is 5.02 Å². The Morgan fingerprint density at radius 3 is 2.55 bits per heavy atom. The van der Waals surface area contributed by atoms with Crippen molar-refractivity contribution in [1.29, 1.82) is 0 Å². The van der Waals surface area contributed by atoms with E-state index in [9.17, 15) is 14.7 Å². The summed E-state index contributed by atoms with van der Waals surface area (Å²) in [7, 11) is 0. The van der Waals surface area contributed by atoms with Gasteiger partial charge in [0.25, 0.3) is 0 Å². The van der Waals surface area contributed by atoms with Gasteiger partial charge in [-0.15, -0.1) is 0 Å². The summed E-state index contributed by atoms with van der Waals surface area (Å²) in [6.07, 6.45) is 3.24. The standard InChI is InChI=1S/C32H35ClN6O3/c1-7-26(41)37-15-21(6)38(16-20(37)5)30-24-14-25(33)28(23-11-9-8-10-22(23)17-40)35-31(24)39(32(42)36-30)29-19(4)12-13-34-27(29)18(2)3/h7-14,17-18,20-21,26,41H,1,15-16H2,2-6H3/t20-,21+,26?/m1/s1. The summed E-state index contributed by atoms with van der Waals surface area (Å²) in [5.41, 5.74) is 3.51. The Morgan fingerprint density at radius 2 is 1.86 bits per heavy atom. The fourth-order valence-electron chi connectivity index (χ4n) is 5.77. The summed E-state index contributed by atoms with van der Waals surface area (Å²) in [4.78, 5) is 44.3. The molecule has 1 N–H and O–H groups in total. The Labute approximate surface area is 250 Å². The lowest BCUT2D eigenvalue weighted by Crippen LogP contribution is -2.59. The van der Waals surface area contributed by atoms with Gasteiger partial charge in [-0.2, -0.15) is 4.98 Å². The van der Waals surface area contributed by atoms with E-state index in [0.717, 1.165) is 17.5 Å². The van der Waals surface area contributed by atoms with Crippen LogP contribution in [0.5, 0.6) is 0 Å². The number of anilines is 1. The molecule has 3 atom stereocenters. The molecule has 1 saturated heterocycles. The normalized spacial score (nSPS) is 18.4. The Hall–Kier alpha value is -3.92. The minimum absolute atomic E-state index is 0.0225. The molecular weight excluding hydrogens is 552 g/mol. The van der Waals surface area contributed by atoms with Crippen molar-refractivity contribution in [2.45, 2.75) is 58.8 Å². The van der Waals surface area contributed by atoms with Crippen molar-refractivity contribution in [2.24, 2.45) is 0 Å². The zero-order valence-corrected chi connectivity index (χ0v) is 25.2. The largest absolute Gasteiger partial charge is 0.375 e. The summed E-state index contributed by atoms with van der Waals surface area (Å²) < 4.78 is 1.52. The van der Waals surface area contributed by atoms with Gasteiger partial charge >= 0.3 is 5.69 Å². The first kappa shape index (κ1) is 29.6. The summed E-state index contributed by atoms with van der Waals surface area (Å²) in [6.45, 7) is 14.8. The van der Waals surface area contributed by atoms with E-state index >= 15 is 0 Å². The van der Waals surface area contributed by atoms with Crippen molar-refractivity contribution in [3.8, 4) is 16.9 Å². The molecule has 0 saturated carbocycles. The fraction of sp³-hybridized carbons (Fsp3) is 0.344. The van der Waals surface area contributed by atoms with Crippen molar-refractivity contribution in [3.63, 3.8) is 0 Å². The first-order valence-electron chi connectivity index (χ1n) is 14.0. The number of aliphatic hydroxyl groups excluding tert-OH is 1. The van der Waals surface area contributed by atoms with Crippen molar-refractivity contribution < 1.29 is 9.90 Å². The van der Waals surface area contributed by atoms with Gasteiger partial charge in [0.15, 0.2) is 11.9 Å². The molecule has 0 spiro atoms. The molecule has 3 aromatic heterocycles. The lowest BCUT2D eigenvalue weighted by atomic mass is 10.0. The van der Waals surface area contributed by atoms with Crippen molar-refractivity contribution >= 4 is 34.7 Å². The van der Waals surface area contributed by atoms with E-state index in [4.69, 9.17) is 16.6 Å². The summed E-state index contributed by atoms with van der Waals surface area (Å²) in [6, 6.07) is 10.6. The van der Waals surface area contributed by atoms with E-state index in [1.165, 1.54) is 10.6 Å². The van der Waals surface area contributed by atoms with Gasteiger partial charge < -0.3 is 10.0 Å². The first-order valence-corrected chi connectivity index (χ1v) is 14.4. The molecule has 5 rings (SSSR count). The molecule has 10 heteroatoms. The molecular formula is C32H35ClN6O3. The van der Waals surface area contributed by atoms with Crippen LogP contribution in [0.4, 0.5) is 5.82 Å². The smallest absolute Gasteiger partial charge is 0.355 e. The van der Waals surface area contributed by atoms with E-state index in [0.29, 0.717) is 57.5 Å². The maximum Gasteiger partial charge on any atom is 0.355 e. The minimum Gasteiger partial charge on any atom is -0.375 e. The number of carbonyl (C=O) groups is 1. The highest BCUT2D eigenvalue weighted by Crippen LogP contribution is 2.36. The molecule has 9 nitrogen and oxygen atoms in total. The van der Waals surface area contributed by atoms with Crippen LogP contribution in [0.1, 0.15) is 55.2 Å². The molecule has 0 bridgehead atoms. The zero-order valence-electron chi connectivity index (χ0n) is 24.5. The van der Waals surface area contributed by atoms with Gasteiger partial charge in [0.2, 0.25) is 0 Å². The quantitative estimate of drug-likeness (QED) is 0.234. The van der Waals surface area contributed by atoms with Crippen LogP contribution in [0, 0.1) is 6.92 Å². The second-order valence-corrected chi connectivity index (χ2v) is 11.6. The number of hydrogen-bond donors (Lipinski definition) is 1. The number of rotatable bonds is 7. The van der Waals surface area contributed by atoms with Gasteiger partial charge in [-0.25, -0.2) is 14.3 Å². The topological polar surface area (TPSA) is 104 Å². The number of hydrogen-bond acceptors (Lipinski definition) is 8.